The first-order chi connectivity index (χ1) is 16.9. The number of hydrogen-bond donors (Lipinski definition) is 2. The molecule has 5 rings (SSSR count). The van der Waals surface area contributed by atoms with Crippen molar-refractivity contribution in [2.45, 2.75) is 36.8 Å². The van der Waals surface area contributed by atoms with Gasteiger partial charge >= 0.3 is 6.03 Å². The molecule has 3 fully saturated rings. The van der Waals surface area contributed by atoms with Crippen molar-refractivity contribution in [3.63, 3.8) is 0 Å². The highest BCUT2D eigenvalue weighted by atomic mass is 16.3. The molecular formula is C26H37N7O2. The van der Waals surface area contributed by atoms with Crippen LogP contribution in [0, 0.1) is 0 Å². The summed E-state index contributed by atoms with van der Waals surface area (Å²) in [7, 11) is 4.33. The molecule has 0 bridgehead atoms. The van der Waals surface area contributed by atoms with Gasteiger partial charge in [-0.25, -0.2) is 14.8 Å². The van der Waals surface area contributed by atoms with E-state index in [0.717, 1.165) is 57.5 Å². The summed E-state index contributed by atoms with van der Waals surface area (Å²) in [6, 6.07) is 10.7. The van der Waals surface area contributed by atoms with Crippen LogP contribution in [0.1, 0.15) is 31.2 Å². The minimum Gasteiger partial charge on any atom is -0.395 e. The van der Waals surface area contributed by atoms with Crippen LogP contribution in [0.5, 0.6) is 0 Å². The predicted molar refractivity (Wildman–Crippen MR) is 137 cm³/mol. The van der Waals surface area contributed by atoms with Crippen LogP contribution in [0.2, 0.25) is 0 Å². The van der Waals surface area contributed by atoms with Crippen molar-refractivity contribution in [2.75, 3.05) is 69.8 Å². The van der Waals surface area contributed by atoms with Gasteiger partial charge in [0.05, 0.1) is 36.8 Å². The van der Waals surface area contributed by atoms with Crippen molar-refractivity contribution in [3.8, 4) is 0 Å². The summed E-state index contributed by atoms with van der Waals surface area (Å²) >= 11 is 0. The van der Waals surface area contributed by atoms with Crippen molar-refractivity contribution in [1.29, 1.82) is 0 Å². The van der Waals surface area contributed by atoms with Crippen LogP contribution in [-0.4, -0.2) is 96.4 Å². The Bertz CT molecular complexity index is 998. The third kappa shape index (κ3) is 4.60. The Hall–Kier alpha value is -2.75. The number of amides is 2. The molecular weight excluding hydrogens is 442 g/mol. The van der Waals surface area contributed by atoms with E-state index in [1.807, 2.05) is 0 Å². The number of aromatic nitrogens is 2. The topological polar surface area (TPSA) is 88.1 Å². The van der Waals surface area contributed by atoms with Gasteiger partial charge in [-0.1, -0.05) is 30.3 Å². The number of nitrogens with zero attached hydrogens (tertiary/aromatic N) is 6. The van der Waals surface area contributed by atoms with E-state index < -0.39 is 0 Å². The summed E-state index contributed by atoms with van der Waals surface area (Å²) in [5.41, 5.74) is 1.88. The number of aliphatic hydroxyl groups excluding tert-OH is 1. The van der Waals surface area contributed by atoms with Gasteiger partial charge in [-0.2, -0.15) is 0 Å². The Kier molecular flexibility index (Phi) is 6.65. The van der Waals surface area contributed by atoms with Crippen molar-refractivity contribution >= 4 is 17.7 Å². The molecule has 9 nitrogen and oxygen atoms in total. The van der Waals surface area contributed by atoms with E-state index in [0.29, 0.717) is 19.0 Å². The van der Waals surface area contributed by atoms with Crippen LogP contribution >= 0.6 is 0 Å². The van der Waals surface area contributed by atoms with E-state index in [1.54, 1.807) is 17.3 Å². The molecule has 3 aliphatic rings. The highest BCUT2D eigenvalue weighted by molar-refractivity contribution is 5.95. The first-order valence-corrected chi connectivity index (χ1v) is 12.7. The molecule has 35 heavy (non-hydrogen) atoms. The second-order valence-electron chi connectivity index (χ2n) is 10.4. The van der Waals surface area contributed by atoms with Crippen LogP contribution in [0.3, 0.4) is 0 Å². The normalized spacial score (nSPS) is 27.6. The van der Waals surface area contributed by atoms with Gasteiger partial charge in [-0.15, -0.1) is 0 Å². The second-order valence-corrected chi connectivity index (χ2v) is 10.4. The molecule has 0 radical (unpaired) electrons. The summed E-state index contributed by atoms with van der Waals surface area (Å²) < 4.78 is 0. The molecule has 188 valence electrons. The maximum absolute atomic E-state index is 13.0. The maximum Gasteiger partial charge on any atom is 0.322 e. The number of hydrogen-bond acceptors (Lipinski definition) is 7. The Labute approximate surface area is 207 Å². The Balaban J connectivity index is 1.24. The van der Waals surface area contributed by atoms with Crippen LogP contribution in [0.25, 0.3) is 0 Å². The Morgan fingerprint density at radius 2 is 1.66 bits per heavy atom. The van der Waals surface area contributed by atoms with Crippen LogP contribution in [-0.2, 0) is 5.54 Å². The molecule has 1 saturated carbocycles. The number of benzene rings is 1. The number of piperazine rings is 1. The smallest absolute Gasteiger partial charge is 0.322 e. The number of aliphatic hydroxyl groups is 1. The van der Waals surface area contributed by atoms with Gasteiger partial charge in [0.25, 0.3) is 0 Å². The number of anilines is 2. The molecule has 0 atom stereocenters. The number of rotatable bonds is 6. The fraction of sp³-hybridized carbons (Fsp3) is 0.577. The molecule has 1 aromatic carbocycles. The zero-order chi connectivity index (χ0) is 24.5. The standard InChI is InChI=1S/C26H37N7O2/c1-30(2)26(21-6-4-3-5-7-21)10-8-25(9-11-26)20-33(24(35)29-25)22-18-27-23(28-19-22)32-14-12-31(13-15-32)16-17-34/h3-7,18-19,34H,8-17,20H2,1-2H3,(H,29,35)/t25-,26+. The molecule has 2 saturated heterocycles. The summed E-state index contributed by atoms with van der Waals surface area (Å²) in [5, 5.41) is 12.4. The first-order valence-electron chi connectivity index (χ1n) is 12.7. The molecule has 1 spiro atoms. The third-order valence-corrected chi connectivity index (χ3v) is 8.29. The monoisotopic (exact) mass is 479 g/mol. The fourth-order valence-corrected chi connectivity index (χ4v) is 6.01. The van der Waals surface area contributed by atoms with E-state index >= 15 is 0 Å². The minimum absolute atomic E-state index is 0.00336. The van der Waals surface area contributed by atoms with Gasteiger partial charge in [-0.05, 0) is 45.3 Å². The predicted octanol–water partition coefficient (Wildman–Crippen LogP) is 1.89. The lowest BCUT2D eigenvalue weighted by Crippen LogP contribution is -2.54. The first kappa shape index (κ1) is 24.0. The van der Waals surface area contributed by atoms with Gasteiger partial charge < -0.3 is 15.3 Å². The summed E-state index contributed by atoms with van der Waals surface area (Å²) in [5.74, 6) is 0.697. The zero-order valence-corrected chi connectivity index (χ0v) is 20.9. The average molecular weight is 480 g/mol. The molecule has 2 N–H and O–H groups in total. The Morgan fingerprint density at radius 3 is 2.26 bits per heavy atom. The molecule has 1 aromatic heterocycles. The lowest BCUT2D eigenvalue weighted by molar-refractivity contribution is 0.0658. The molecule has 2 aliphatic heterocycles. The number of carbonyl (C=O) groups excluding carboxylic acids is 1. The van der Waals surface area contributed by atoms with E-state index in [9.17, 15) is 4.79 Å². The maximum atomic E-state index is 13.0. The van der Waals surface area contributed by atoms with E-state index in [4.69, 9.17) is 5.11 Å². The number of urea groups is 1. The Morgan fingerprint density at radius 1 is 1.00 bits per heavy atom. The van der Waals surface area contributed by atoms with E-state index in [-0.39, 0.29) is 23.7 Å². The van der Waals surface area contributed by atoms with Crippen molar-refractivity contribution in [1.82, 2.24) is 25.1 Å². The van der Waals surface area contributed by atoms with Crippen molar-refractivity contribution < 1.29 is 9.90 Å². The van der Waals surface area contributed by atoms with Crippen LogP contribution in [0.15, 0.2) is 42.7 Å². The van der Waals surface area contributed by atoms with E-state index in [2.05, 4.69) is 74.4 Å². The van der Waals surface area contributed by atoms with Crippen molar-refractivity contribution in [2.24, 2.45) is 0 Å². The summed E-state index contributed by atoms with van der Waals surface area (Å²) in [6.45, 7) is 4.99. The SMILES string of the molecule is CN(C)[C@]1(c2ccccc2)CC[C@]2(CC1)CN(c1cnc(N3CCN(CCO)CC3)nc1)C(=O)N2. The number of nitrogens with one attached hydrogen (secondary N) is 1. The molecule has 0 unspecified atom stereocenters. The van der Waals surface area contributed by atoms with Gasteiger partial charge in [0.15, 0.2) is 0 Å². The van der Waals surface area contributed by atoms with Crippen LogP contribution < -0.4 is 15.1 Å². The largest absolute Gasteiger partial charge is 0.395 e. The molecule has 2 aromatic rings. The van der Waals surface area contributed by atoms with Gasteiger partial charge in [0.1, 0.15) is 0 Å². The average Bonchev–Trinajstić information content (AvgIpc) is 3.21. The van der Waals surface area contributed by atoms with Crippen molar-refractivity contribution in [3.05, 3.63) is 48.3 Å². The number of β-amino-alcohol motifs (C(OH)–C–C–N with tert-alkyl or cyclic N) is 1. The lowest BCUT2D eigenvalue weighted by Gasteiger charge is -2.48. The molecule has 1 aliphatic carbocycles. The number of carbonyl (C=O) groups is 1. The third-order valence-electron chi connectivity index (χ3n) is 8.29. The van der Waals surface area contributed by atoms with Crippen LogP contribution in [0.4, 0.5) is 16.4 Å². The molecule has 2 amide bonds. The highest BCUT2D eigenvalue weighted by Crippen LogP contribution is 2.46. The molecule has 3 heterocycles. The summed E-state index contributed by atoms with van der Waals surface area (Å²) in [6.07, 6.45) is 7.40. The minimum atomic E-state index is -0.215. The van der Waals surface area contributed by atoms with Gasteiger partial charge in [0.2, 0.25) is 5.95 Å². The lowest BCUT2D eigenvalue weighted by atomic mass is 9.69. The quantitative estimate of drug-likeness (QED) is 0.654. The summed E-state index contributed by atoms with van der Waals surface area (Å²) in [4.78, 5) is 30.7. The fourth-order valence-electron chi connectivity index (χ4n) is 6.01. The molecule has 9 heteroatoms. The zero-order valence-electron chi connectivity index (χ0n) is 20.9. The van der Waals surface area contributed by atoms with E-state index in [1.165, 1.54) is 5.56 Å². The van der Waals surface area contributed by atoms with Gasteiger partial charge in [-0.3, -0.25) is 14.7 Å². The van der Waals surface area contributed by atoms with Gasteiger partial charge in [0, 0.05) is 38.3 Å². The highest BCUT2D eigenvalue weighted by Gasteiger charge is 2.50. The second kappa shape index (κ2) is 9.72.